The number of esters is 1. The van der Waals surface area contributed by atoms with Gasteiger partial charge in [-0.15, -0.1) is 0 Å². The summed E-state index contributed by atoms with van der Waals surface area (Å²) in [6, 6.07) is 19.1. The minimum Gasteiger partial charge on any atom is -0.488 e. The Morgan fingerprint density at radius 3 is 2.67 bits per heavy atom. The van der Waals surface area contributed by atoms with Crippen LogP contribution in [0.1, 0.15) is 5.56 Å². The van der Waals surface area contributed by atoms with Crippen LogP contribution in [-0.4, -0.2) is 19.2 Å². The van der Waals surface area contributed by atoms with Crippen molar-refractivity contribution in [3.8, 4) is 5.75 Å². The molecule has 4 aromatic rings. The Labute approximate surface area is 161 Å². The van der Waals surface area contributed by atoms with Gasteiger partial charge in [0.25, 0.3) is 0 Å². The summed E-state index contributed by atoms with van der Waals surface area (Å²) in [6.07, 6.45) is 1.77. The smallest absolute Gasteiger partial charge is 0.310 e. The Morgan fingerprint density at radius 2 is 1.78 bits per heavy atom. The summed E-state index contributed by atoms with van der Waals surface area (Å²) in [5.74, 6) is 0.246. The van der Waals surface area contributed by atoms with Crippen LogP contribution in [0.4, 0.5) is 0 Å². The molecule has 0 fully saturated rings. The van der Waals surface area contributed by atoms with Gasteiger partial charge in [-0.2, -0.15) is 0 Å². The largest absolute Gasteiger partial charge is 0.488 e. The van der Waals surface area contributed by atoms with Crippen LogP contribution >= 0.6 is 11.6 Å². The van der Waals surface area contributed by atoms with E-state index in [2.05, 4.69) is 0 Å². The van der Waals surface area contributed by atoms with Gasteiger partial charge in [0.1, 0.15) is 24.5 Å². The van der Waals surface area contributed by atoms with Gasteiger partial charge in [0.2, 0.25) is 0 Å². The predicted molar refractivity (Wildman–Crippen MR) is 105 cm³/mol. The molecule has 0 atom stereocenters. The molecule has 0 saturated heterocycles. The van der Waals surface area contributed by atoms with Gasteiger partial charge in [-0.05, 0) is 29.0 Å². The Bertz CT molecular complexity index is 1100. The Balaban J connectivity index is 1.40. The van der Waals surface area contributed by atoms with Gasteiger partial charge in [-0.25, -0.2) is 0 Å². The van der Waals surface area contributed by atoms with Gasteiger partial charge < -0.3 is 13.9 Å². The molecular weight excluding hydrogens is 364 g/mol. The van der Waals surface area contributed by atoms with Crippen LogP contribution in [0.15, 0.2) is 71.3 Å². The Morgan fingerprint density at radius 1 is 0.963 bits per heavy atom. The minimum absolute atomic E-state index is 0.146. The van der Waals surface area contributed by atoms with Gasteiger partial charge in [-0.3, -0.25) is 4.79 Å². The highest BCUT2D eigenvalue weighted by molar-refractivity contribution is 6.32. The summed E-state index contributed by atoms with van der Waals surface area (Å²) in [7, 11) is 0. The van der Waals surface area contributed by atoms with Gasteiger partial charge in [0.05, 0.1) is 17.7 Å². The van der Waals surface area contributed by atoms with E-state index in [4.69, 9.17) is 25.5 Å². The van der Waals surface area contributed by atoms with Crippen molar-refractivity contribution in [3.63, 3.8) is 0 Å². The number of para-hydroxylation sites is 1. The summed E-state index contributed by atoms with van der Waals surface area (Å²) < 4.78 is 16.4. The molecule has 1 aromatic heterocycles. The molecule has 3 aromatic carbocycles. The van der Waals surface area contributed by atoms with Crippen LogP contribution < -0.4 is 4.74 Å². The quantitative estimate of drug-likeness (QED) is 0.332. The van der Waals surface area contributed by atoms with Crippen LogP contribution in [0.3, 0.4) is 0 Å². The van der Waals surface area contributed by atoms with E-state index in [0.29, 0.717) is 10.8 Å². The molecule has 0 spiro atoms. The number of hydrogen-bond donors (Lipinski definition) is 0. The number of benzene rings is 3. The number of ether oxygens (including phenoxy) is 2. The average Bonchev–Trinajstić information content (AvgIpc) is 3.10. The first kappa shape index (κ1) is 17.4. The molecule has 0 aliphatic carbocycles. The van der Waals surface area contributed by atoms with E-state index < -0.39 is 0 Å². The van der Waals surface area contributed by atoms with Crippen molar-refractivity contribution in [2.75, 3.05) is 13.2 Å². The molecule has 0 amide bonds. The lowest BCUT2D eigenvalue weighted by Gasteiger charge is -2.08. The van der Waals surface area contributed by atoms with Crippen molar-refractivity contribution in [3.05, 3.63) is 77.5 Å². The fourth-order valence-corrected chi connectivity index (χ4v) is 3.27. The van der Waals surface area contributed by atoms with Crippen LogP contribution in [-0.2, 0) is 16.0 Å². The van der Waals surface area contributed by atoms with Crippen LogP contribution in [0.2, 0.25) is 5.02 Å². The molecule has 0 N–H and O–H groups in total. The number of carbonyl (C=O) groups is 1. The van der Waals surface area contributed by atoms with E-state index in [1.807, 2.05) is 48.5 Å². The SMILES string of the molecule is O=C(Cc1coc2ccc3ccccc3c12)OCCOc1ccccc1Cl. The molecule has 5 heteroatoms. The van der Waals surface area contributed by atoms with E-state index in [-0.39, 0.29) is 25.6 Å². The summed E-state index contributed by atoms with van der Waals surface area (Å²) in [5.41, 5.74) is 1.58. The first-order chi connectivity index (χ1) is 13.2. The standard InChI is InChI=1S/C22H17ClO4/c23-18-7-3-4-8-19(18)25-11-12-26-21(24)13-16-14-27-20-10-9-15-5-1-2-6-17(15)22(16)20/h1-10,14H,11-13H2. The maximum absolute atomic E-state index is 12.2. The minimum atomic E-state index is -0.326. The third-order valence-electron chi connectivity index (χ3n) is 4.32. The molecule has 0 saturated carbocycles. The lowest BCUT2D eigenvalue weighted by atomic mass is 10.0. The predicted octanol–water partition coefficient (Wildman–Crippen LogP) is 5.40. The van der Waals surface area contributed by atoms with Crippen LogP contribution in [0.5, 0.6) is 5.75 Å². The van der Waals surface area contributed by atoms with E-state index in [0.717, 1.165) is 27.3 Å². The van der Waals surface area contributed by atoms with Gasteiger partial charge in [0, 0.05) is 10.9 Å². The molecule has 4 rings (SSSR count). The van der Waals surface area contributed by atoms with Crippen molar-refractivity contribution >= 4 is 39.3 Å². The Hall–Kier alpha value is -2.98. The van der Waals surface area contributed by atoms with Gasteiger partial charge >= 0.3 is 5.97 Å². The summed E-state index contributed by atoms with van der Waals surface area (Å²) in [5, 5.41) is 3.65. The third kappa shape index (κ3) is 3.76. The van der Waals surface area contributed by atoms with Crippen molar-refractivity contribution < 1.29 is 18.7 Å². The fraction of sp³-hybridized carbons (Fsp3) is 0.136. The molecule has 4 nitrogen and oxygen atoms in total. The lowest BCUT2D eigenvalue weighted by Crippen LogP contribution is -2.14. The Kier molecular flexibility index (Phi) is 4.99. The monoisotopic (exact) mass is 380 g/mol. The van der Waals surface area contributed by atoms with Gasteiger partial charge in [-0.1, -0.05) is 54.1 Å². The molecule has 0 bridgehead atoms. The highest BCUT2D eigenvalue weighted by Crippen LogP contribution is 2.30. The molecule has 0 aliphatic rings. The zero-order valence-electron chi connectivity index (χ0n) is 14.5. The topological polar surface area (TPSA) is 48.7 Å². The van der Waals surface area contributed by atoms with Crippen molar-refractivity contribution in [2.45, 2.75) is 6.42 Å². The second kappa shape index (κ2) is 7.72. The normalized spacial score (nSPS) is 11.0. The van der Waals surface area contributed by atoms with E-state index in [1.54, 1.807) is 18.4 Å². The van der Waals surface area contributed by atoms with Crippen LogP contribution in [0.25, 0.3) is 21.7 Å². The number of carbonyl (C=O) groups excluding carboxylic acids is 1. The molecule has 136 valence electrons. The fourth-order valence-electron chi connectivity index (χ4n) is 3.08. The number of halogens is 1. The third-order valence-corrected chi connectivity index (χ3v) is 4.63. The summed E-state index contributed by atoms with van der Waals surface area (Å²) in [4.78, 5) is 12.2. The summed E-state index contributed by atoms with van der Waals surface area (Å²) >= 11 is 6.02. The van der Waals surface area contributed by atoms with E-state index in [9.17, 15) is 4.79 Å². The number of rotatable bonds is 6. The molecule has 27 heavy (non-hydrogen) atoms. The summed E-state index contributed by atoms with van der Waals surface area (Å²) in [6.45, 7) is 0.394. The number of hydrogen-bond acceptors (Lipinski definition) is 4. The molecule has 0 aliphatic heterocycles. The van der Waals surface area contributed by atoms with Crippen LogP contribution in [0, 0.1) is 0 Å². The van der Waals surface area contributed by atoms with Crippen molar-refractivity contribution in [2.24, 2.45) is 0 Å². The molecule has 0 unspecified atom stereocenters. The average molecular weight is 381 g/mol. The van der Waals surface area contributed by atoms with Crippen molar-refractivity contribution in [1.82, 2.24) is 0 Å². The number of fused-ring (bicyclic) bond motifs is 3. The van der Waals surface area contributed by atoms with E-state index >= 15 is 0 Å². The first-order valence-electron chi connectivity index (χ1n) is 8.63. The molecule has 0 radical (unpaired) electrons. The maximum atomic E-state index is 12.2. The number of furan rings is 1. The highest BCUT2D eigenvalue weighted by atomic mass is 35.5. The maximum Gasteiger partial charge on any atom is 0.310 e. The second-order valence-electron chi connectivity index (χ2n) is 6.10. The highest BCUT2D eigenvalue weighted by Gasteiger charge is 2.14. The van der Waals surface area contributed by atoms with E-state index in [1.165, 1.54) is 0 Å². The van der Waals surface area contributed by atoms with Crippen molar-refractivity contribution in [1.29, 1.82) is 0 Å². The zero-order valence-corrected chi connectivity index (χ0v) is 15.2. The first-order valence-corrected chi connectivity index (χ1v) is 9.01. The van der Waals surface area contributed by atoms with Gasteiger partial charge in [0.15, 0.2) is 0 Å². The second-order valence-corrected chi connectivity index (χ2v) is 6.50. The lowest BCUT2D eigenvalue weighted by molar-refractivity contribution is -0.143. The molecule has 1 heterocycles. The molecular formula is C22H17ClO4. The zero-order chi connectivity index (χ0) is 18.6.